The van der Waals surface area contributed by atoms with Gasteiger partial charge in [-0.05, 0) is 35.0 Å². The number of para-hydroxylation sites is 2. The zero-order valence-corrected chi connectivity index (χ0v) is 27.9. The highest BCUT2D eigenvalue weighted by atomic mass is 16.3. The van der Waals surface area contributed by atoms with Gasteiger partial charge in [0.05, 0.1) is 11.0 Å². The molecule has 3 heterocycles. The average molecular weight is 665 g/mol. The molecule has 0 amide bonds. The smallest absolute Gasteiger partial charge is 0.164 e. The van der Waals surface area contributed by atoms with Crippen molar-refractivity contribution in [1.29, 1.82) is 0 Å². The normalized spacial score (nSPS) is 11.8. The van der Waals surface area contributed by atoms with Crippen molar-refractivity contribution >= 4 is 65.3 Å². The van der Waals surface area contributed by atoms with Crippen LogP contribution in [0.5, 0.6) is 0 Å². The molecule has 242 valence electrons. The van der Waals surface area contributed by atoms with Crippen LogP contribution in [0.2, 0.25) is 0 Å². The lowest BCUT2D eigenvalue weighted by molar-refractivity contribution is 0.673. The first kappa shape index (κ1) is 28.7. The SMILES string of the molecule is c1ccc(-c2nc(-c3ccccc3)nc(-c3cccc(-n4c5ccccc5c5ccc6c7c8ccccc8oc7c7ccccc7c6c54)c3)n2)cc1. The van der Waals surface area contributed by atoms with Crippen LogP contribution in [0.15, 0.2) is 174 Å². The molecule has 0 aliphatic rings. The third-order valence-electron chi connectivity index (χ3n) is 10.2. The summed E-state index contributed by atoms with van der Waals surface area (Å²) in [5.74, 6) is 1.90. The minimum Gasteiger partial charge on any atom is -0.455 e. The van der Waals surface area contributed by atoms with E-state index in [4.69, 9.17) is 19.4 Å². The monoisotopic (exact) mass is 664 g/mol. The number of aromatic nitrogens is 4. The third kappa shape index (κ3) is 4.26. The van der Waals surface area contributed by atoms with Crippen LogP contribution in [-0.2, 0) is 0 Å². The second-order valence-electron chi connectivity index (χ2n) is 13.2. The molecule has 0 fully saturated rings. The van der Waals surface area contributed by atoms with E-state index in [0.29, 0.717) is 17.5 Å². The van der Waals surface area contributed by atoms with E-state index in [-0.39, 0.29) is 0 Å². The fourth-order valence-corrected chi connectivity index (χ4v) is 7.93. The summed E-state index contributed by atoms with van der Waals surface area (Å²) < 4.78 is 8.99. The van der Waals surface area contributed by atoms with E-state index >= 15 is 0 Å². The highest BCUT2D eigenvalue weighted by Crippen LogP contribution is 2.46. The van der Waals surface area contributed by atoms with E-state index in [1.165, 1.54) is 21.5 Å². The molecule has 11 rings (SSSR count). The number of hydrogen-bond acceptors (Lipinski definition) is 4. The Labute approximate surface area is 298 Å². The van der Waals surface area contributed by atoms with Crippen molar-refractivity contribution in [3.05, 3.63) is 170 Å². The Morgan fingerprint density at radius 1 is 0.385 bits per heavy atom. The van der Waals surface area contributed by atoms with Gasteiger partial charge in [0, 0.05) is 54.7 Å². The van der Waals surface area contributed by atoms with Gasteiger partial charge in [0.1, 0.15) is 11.2 Å². The third-order valence-corrected chi connectivity index (χ3v) is 10.2. The molecule has 5 nitrogen and oxygen atoms in total. The fraction of sp³-hybridized carbons (Fsp3) is 0. The van der Waals surface area contributed by atoms with Crippen LogP contribution in [0.4, 0.5) is 0 Å². The molecule has 0 spiro atoms. The minimum absolute atomic E-state index is 0.622. The van der Waals surface area contributed by atoms with Crippen LogP contribution in [-0.4, -0.2) is 19.5 Å². The van der Waals surface area contributed by atoms with Crippen LogP contribution < -0.4 is 0 Å². The molecular formula is C47H28N4O. The van der Waals surface area contributed by atoms with Crippen molar-refractivity contribution in [2.45, 2.75) is 0 Å². The zero-order valence-electron chi connectivity index (χ0n) is 27.9. The lowest BCUT2D eigenvalue weighted by Crippen LogP contribution is -2.01. The second-order valence-corrected chi connectivity index (χ2v) is 13.2. The van der Waals surface area contributed by atoms with Crippen molar-refractivity contribution in [2.24, 2.45) is 0 Å². The maximum absolute atomic E-state index is 6.58. The lowest BCUT2D eigenvalue weighted by atomic mass is 9.95. The van der Waals surface area contributed by atoms with E-state index in [1.54, 1.807) is 0 Å². The summed E-state index contributed by atoms with van der Waals surface area (Å²) in [5, 5.41) is 9.29. The summed E-state index contributed by atoms with van der Waals surface area (Å²) in [4.78, 5) is 15.0. The van der Waals surface area contributed by atoms with Gasteiger partial charge >= 0.3 is 0 Å². The Morgan fingerprint density at radius 3 is 1.67 bits per heavy atom. The average Bonchev–Trinajstić information content (AvgIpc) is 3.78. The molecule has 52 heavy (non-hydrogen) atoms. The standard InChI is InChI=1S/C47H28N4O/c1-3-14-29(15-4-1)45-48-46(30-16-5-2-6-17-30)50-47(49-45)31-18-13-19-32(28-31)51-39-24-11-9-20-33(39)35-26-27-38-41(43(35)51)34-21-7-8-22-36(34)44-42(38)37-23-10-12-25-40(37)52-44/h1-28H. The maximum Gasteiger partial charge on any atom is 0.164 e. The van der Waals surface area contributed by atoms with Crippen LogP contribution in [0.1, 0.15) is 0 Å². The van der Waals surface area contributed by atoms with Crippen LogP contribution in [0.3, 0.4) is 0 Å². The highest BCUT2D eigenvalue weighted by Gasteiger charge is 2.22. The molecule has 0 saturated heterocycles. The van der Waals surface area contributed by atoms with E-state index < -0.39 is 0 Å². The van der Waals surface area contributed by atoms with Gasteiger partial charge in [-0.15, -0.1) is 0 Å². The predicted octanol–water partition coefficient (Wildman–Crippen LogP) is 12.2. The molecule has 0 radical (unpaired) electrons. The molecule has 11 aromatic rings. The Kier molecular flexibility index (Phi) is 6.18. The first-order chi connectivity index (χ1) is 25.8. The Bertz CT molecular complexity index is 3120. The van der Waals surface area contributed by atoms with Crippen LogP contribution in [0, 0.1) is 0 Å². The fourth-order valence-electron chi connectivity index (χ4n) is 7.93. The van der Waals surface area contributed by atoms with Gasteiger partial charge in [-0.2, -0.15) is 0 Å². The summed E-state index contributed by atoms with van der Waals surface area (Å²) in [6.45, 7) is 0. The lowest BCUT2D eigenvalue weighted by Gasteiger charge is -2.14. The summed E-state index contributed by atoms with van der Waals surface area (Å²) in [6.07, 6.45) is 0. The molecular weight excluding hydrogens is 637 g/mol. The summed E-state index contributed by atoms with van der Waals surface area (Å²) in [5.41, 5.74) is 7.93. The first-order valence-electron chi connectivity index (χ1n) is 17.5. The quantitative estimate of drug-likeness (QED) is 0.176. The largest absolute Gasteiger partial charge is 0.455 e. The van der Waals surface area contributed by atoms with Gasteiger partial charge in [0.25, 0.3) is 0 Å². The number of hydrogen-bond donors (Lipinski definition) is 0. The first-order valence-corrected chi connectivity index (χ1v) is 17.5. The highest BCUT2D eigenvalue weighted by molar-refractivity contribution is 6.36. The second kappa shape index (κ2) is 11.2. The number of rotatable bonds is 4. The van der Waals surface area contributed by atoms with Gasteiger partial charge in [-0.1, -0.05) is 146 Å². The number of benzene rings is 8. The predicted molar refractivity (Wildman–Crippen MR) is 213 cm³/mol. The molecule has 0 N–H and O–H groups in total. The van der Waals surface area contributed by atoms with Crippen molar-refractivity contribution in [3.63, 3.8) is 0 Å². The summed E-state index contributed by atoms with van der Waals surface area (Å²) in [6, 6.07) is 59.0. The van der Waals surface area contributed by atoms with Crippen LogP contribution in [0.25, 0.3) is 105 Å². The number of furan rings is 1. The Hall–Kier alpha value is -7.11. The van der Waals surface area contributed by atoms with E-state index in [0.717, 1.165) is 66.1 Å². The molecule has 0 aliphatic carbocycles. The van der Waals surface area contributed by atoms with E-state index in [2.05, 4.69) is 108 Å². The molecule has 0 unspecified atom stereocenters. The number of nitrogens with zero attached hydrogens (tertiary/aromatic N) is 4. The summed E-state index contributed by atoms with van der Waals surface area (Å²) >= 11 is 0. The molecule has 0 saturated carbocycles. The van der Waals surface area contributed by atoms with Crippen molar-refractivity contribution < 1.29 is 4.42 Å². The zero-order chi connectivity index (χ0) is 34.2. The van der Waals surface area contributed by atoms with Gasteiger partial charge in [0.2, 0.25) is 0 Å². The molecule has 0 bridgehead atoms. The molecule has 0 atom stereocenters. The van der Waals surface area contributed by atoms with Crippen molar-refractivity contribution in [1.82, 2.24) is 19.5 Å². The van der Waals surface area contributed by atoms with Gasteiger partial charge < -0.3 is 8.98 Å². The Morgan fingerprint density at radius 2 is 0.942 bits per heavy atom. The van der Waals surface area contributed by atoms with Crippen molar-refractivity contribution in [2.75, 3.05) is 0 Å². The van der Waals surface area contributed by atoms with E-state index in [1.807, 2.05) is 66.7 Å². The van der Waals surface area contributed by atoms with E-state index in [9.17, 15) is 0 Å². The van der Waals surface area contributed by atoms with Gasteiger partial charge in [-0.3, -0.25) is 0 Å². The van der Waals surface area contributed by atoms with Gasteiger partial charge in [0.15, 0.2) is 17.5 Å². The molecule has 0 aliphatic heterocycles. The van der Waals surface area contributed by atoms with Crippen molar-refractivity contribution in [3.8, 4) is 39.9 Å². The minimum atomic E-state index is 0.622. The van der Waals surface area contributed by atoms with Gasteiger partial charge in [-0.25, -0.2) is 15.0 Å². The molecule has 3 aromatic heterocycles. The van der Waals surface area contributed by atoms with Crippen LogP contribution >= 0.6 is 0 Å². The Balaban J connectivity index is 1.23. The molecule has 5 heteroatoms. The topological polar surface area (TPSA) is 56.7 Å². The maximum atomic E-state index is 6.58. The number of fused-ring (bicyclic) bond motifs is 12. The molecule has 8 aromatic carbocycles. The summed E-state index contributed by atoms with van der Waals surface area (Å²) in [7, 11) is 0.